The molecule has 0 atom stereocenters. The quantitative estimate of drug-likeness (QED) is 0.0717. The van der Waals surface area contributed by atoms with Gasteiger partial charge < -0.3 is 28.4 Å². The van der Waals surface area contributed by atoms with Crippen LogP contribution in [0.3, 0.4) is 0 Å². The molecular weight excluding hydrogens is 939 g/mol. The molecule has 0 aliphatic heterocycles. The number of esters is 6. The van der Waals surface area contributed by atoms with E-state index in [4.69, 9.17) is 28.4 Å². The number of ether oxygens (including phenoxy) is 6. The number of pyridine rings is 1. The van der Waals surface area contributed by atoms with E-state index >= 15 is 0 Å². The molecule has 0 spiro atoms. The van der Waals surface area contributed by atoms with E-state index in [2.05, 4.69) is 18.8 Å². The van der Waals surface area contributed by atoms with Gasteiger partial charge >= 0.3 is 35.8 Å². The number of nitrogens with zero attached hydrogens (tertiary/aromatic N) is 1. The summed E-state index contributed by atoms with van der Waals surface area (Å²) in [6.07, 6.45) is 16.3. The van der Waals surface area contributed by atoms with Crippen LogP contribution < -0.4 is 18.9 Å². The highest BCUT2D eigenvalue weighted by atomic mass is 16.6. The number of benzene rings is 4. The first kappa shape index (κ1) is 52.0. The Bertz CT molecular complexity index is 2760. The fourth-order valence-electron chi connectivity index (χ4n) is 11.2. The van der Waals surface area contributed by atoms with E-state index in [0.29, 0.717) is 108 Å². The number of carbonyl (C=O) groups excluding carboxylic acids is 6. The summed E-state index contributed by atoms with van der Waals surface area (Å²) in [7, 11) is 0. The first-order valence-corrected chi connectivity index (χ1v) is 27.0. The highest BCUT2D eigenvalue weighted by Gasteiger charge is 2.34. The normalized spacial score (nSPS) is 23.9. The SMILES string of the molecule is CCC1CCC(C(=O)Oc2ccc(C(=O)OC3CCC(C(=O)Oc4ccc(OC(=O)C5CCC(OC(=O)c6ccc(OC(=O)[C@H]7CC[C@H](CC)CC7)cc6)CC5)c5ccc(-c6cccnc6)cc45)CC3)cc2)CC1. The number of rotatable bonds is 15. The Balaban J connectivity index is 0.761. The van der Waals surface area contributed by atoms with Crippen LogP contribution in [-0.2, 0) is 28.7 Å². The molecule has 0 radical (unpaired) electrons. The van der Waals surface area contributed by atoms with Gasteiger partial charge in [0.15, 0.2) is 0 Å². The molecule has 0 N–H and O–H groups in total. The lowest BCUT2D eigenvalue weighted by atomic mass is 9.81. The summed E-state index contributed by atoms with van der Waals surface area (Å²) in [4.78, 5) is 83.6. The summed E-state index contributed by atoms with van der Waals surface area (Å²) < 4.78 is 35.2. The van der Waals surface area contributed by atoms with Crippen LogP contribution in [0.15, 0.2) is 103 Å². The van der Waals surface area contributed by atoms with Crippen molar-refractivity contribution in [3.05, 3.63) is 115 Å². The van der Waals surface area contributed by atoms with Crippen molar-refractivity contribution in [1.82, 2.24) is 4.98 Å². The Morgan fingerprint density at radius 3 is 1.24 bits per heavy atom. The van der Waals surface area contributed by atoms with Crippen molar-refractivity contribution in [3.8, 4) is 34.1 Å². The molecule has 0 amide bonds. The number of carbonyl (C=O) groups is 6. The maximum atomic E-state index is 13.8. The summed E-state index contributed by atoms with van der Waals surface area (Å²) >= 11 is 0. The van der Waals surface area contributed by atoms with Crippen molar-refractivity contribution in [2.75, 3.05) is 0 Å². The largest absolute Gasteiger partial charge is 0.459 e. The van der Waals surface area contributed by atoms with Crippen LogP contribution in [0.5, 0.6) is 23.0 Å². The van der Waals surface area contributed by atoms with Gasteiger partial charge in [0.05, 0.1) is 34.8 Å². The third kappa shape index (κ3) is 13.1. The number of aromatic nitrogens is 1. The highest BCUT2D eigenvalue weighted by Crippen LogP contribution is 2.40. The predicted octanol–water partition coefficient (Wildman–Crippen LogP) is 12.8. The fraction of sp³-hybridized carbons (Fsp3) is 0.459. The lowest BCUT2D eigenvalue weighted by molar-refractivity contribution is -0.141. The Kier molecular flexibility index (Phi) is 17.2. The molecule has 74 heavy (non-hydrogen) atoms. The van der Waals surface area contributed by atoms with Gasteiger partial charge in [0.1, 0.15) is 35.2 Å². The second-order valence-electron chi connectivity index (χ2n) is 20.8. The van der Waals surface area contributed by atoms with Crippen LogP contribution in [0, 0.1) is 35.5 Å². The van der Waals surface area contributed by atoms with Gasteiger partial charge in [-0.3, -0.25) is 24.2 Å². The Labute approximate surface area is 433 Å². The lowest BCUT2D eigenvalue weighted by Crippen LogP contribution is -2.30. The predicted molar refractivity (Wildman–Crippen MR) is 276 cm³/mol. The van der Waals surface area contributed by atoms with Crippen molar-refractivity contribution in [1.29, 1.82) is 0 Å². The topological polar surface area (TPSA) is 171 Å². The van der Waals surface area contributed by atoms with Crippen LogP contribution in [-0.4, -0.2) is 53.0 Å². The van der Waals surface area contributed by atoms with E-state index in [1.807, 2.05) is 30.3 Å². The van der Waals surface area contributed by atoms with Gasteiger partial charge in [-0.05, 0) is 199 Å². The maximum Gasteiger partial charge on any atom is 0.338 e. The zero-order valence-electron chi connectivity index (χ0n) is 42.5. The van der Waals surface area contributed by atoms with Crippen molar-refractivity contribution >= 4 is 46.6 Å². The highest BCUT2D eigenvalue weighted by molar-refractivity contribution is 5.99. The second kappa shape index (κ2) is 24.4. The summed E-state index contributed by atoms with van der Waals surface area (Å²) in [6.45, 7) is 4.38. The molecule has 9 rings (SSSR count). The first-order chi connectivity index (χ1) is 36.0. The molecule has 0 unspecified atom stereocenters. The third-order valence-electron chi connectivity index (χ3n) is 16.0. The minimum absolute atomic E-state index is 0.0941. The molecule has 13 nitrogen and oxygen atoms in total. The standard InChI is InChI=1S/C61H67NO12/c1-3-38-7-11-40(12-8-38)56(63)69-48-24-15-42(16-25-48)58(65)71-50-28-19-44(20-29-50)60(67)73-54-33-34-55(53-36-46(23-32-52(53)54)47-6-5-35-62-37-47)74-61(68)45-21-30-51(31-22-45)72-59(66)43-17-26-49(27-18-43)70-57(64)41-13-9-39(4-2)10-14-41/h5-6,15-18,23-27,32-41,44-45,50-51H,3-4,7-14,19-22,28-31H2,1-2H3/t38-,39?,40-,41?,44?,45?,50?,51?. The number of hydrogen-bond acceptors (Lipinski definition) is 13. The molecule has 13 heteroatoms. The monoisotopic (exact) mass is 1010 g/mol. The average molecular weight is 1010 g/mol. The van der Waals surface area contributed by atoms with Gasteiger partial charge in [0.2, 0.25) is 0 Å². The smallest absolute Gasteiger partial charge is 0.338 e. The molecule has 388 valence electrons. The van der Waals surface area contributed by atoms with Gasteiger partial charge in [-0.1, -0.05) is 38.8 Å². The van der Waals surface area contributed by atoms with Crippen molar-refractivity contribution in [3.63, 3.8) is 0 Å². The summed E-state index contributed by atoms with van der Waals surface area (Å²) in [5.74, 6) is -0.385. The molecule has 4 aromatic carbocycles. The van der Waals surface area contributed by atoms with Crippen LogP contribution in [0.1, 0.15) is 150 Å². The molecule has 4 saturated carbocycles. The zero-order chi connectivity index (χ0) is 51.6. The second-order valence-corrected chi connectivity index (χ2v) is 20.8. The van der Waals surface area contributed by atoms with Gasteiger partial charge in [-0.15, -0.1) is 0 Å². The van der Waals surface area contributed by atoms with E-state index in [9.17, 15) is 28.8 Å². The van der Waals surface area contributed by atoms with Crippen molar-refractivity contribution in [2.24, 2.45) is 35.5 Å². The summed E-state index contributed by atoms with van der Waals surface area (Å²) in [6, 6.07) is 25.6. The molecule has 5 aromatic rings. The van der Waals surface area contributed by atoms with Gasteiger partial charge in [0.25, 0.3) is 0 Å². The molecule has 1 aromatic heterocycles. The third-order valence-corrected chi connectivity index (χ3v) is 16.0. The molecule has 0 bridgehead atoms. The van der Waals surface area contributed by atoms with E-state index in [1.54, 1.807) is 73.1 Å². The zero-order valence-corrected chi connectivity index (χ0v) is 42.5. The molecule has 1 heterocycles. The van der Waals surface area contributed by atoms with E-state index in [1.165, 1.54) is 0 Å². The van der Waals surface area contributed by atoms with E-state index in [-0.39, 0.29) is 36.0 Å². The Morgan fingerprint density at radius 1 is 0.432 bits per heavy atom. The van der Waals surface area contributed by atoms with E-state index < -0.39 is 35.7 Å². The van der Waals surface area contributed by atoms with Gasteiger partial charge in [0, 0.05) is 28.7 Å². The Morgan fingerprint density at radius 2 is 0.838 bits per heavy atom. The van der Waals surface area contributed by atoms with Crippen LogP contribution >= 0.6 is 0 Å². The van der Waals surface area contributed by atoms with Crippen molar-refractivity contribution in [2.45, 2.75) is 142 Å². The minimum Gasteiger partial charge on any atom is -0.459 e. The van der Waals surface area contributed by atoms with Crippen LogP contribution in [0.4, 0.5) is 0 Å². The first-order valence-electron chi connectivity index (χ1n) is 27.0. The van der Waals surface area contributed by atoms with Gasteiger partial charge in [-0.25, -0.2) is 9.59 Å². The number of hydrogen-bond donors (Lipinski definition) is 0. The molecule has 4 fully saturated rings. The molecule has 4 aliphatic carbocycles. The van der Waals surface area contributed by atoms with Crippen LogP contribution in [0.25, 0.3) is 21.9 Å². The van der Waals surface area contributed by atoms with Crippen molar-refractivity contribution < 1.29 is 57.2 Å². The Hall–Kier alpha value is -6.89. The molecular formula is C61H67NO12. The summed E-state index contributed by atoms with van der Waals surface area (Å²) in [5.41, 5.74) is 2.40. The lowest BCUT2D eigenvalue weighted by Gasteiger charge is -2.27. The minimum atomic E-state index is -0.475. The average Bonchev–Trinajstić information content (AvgIpc) is 3.44. The molecule has 4 aliphatic rings. The summed E-state index contributed by atoms with van der Waals surface area (Å²) in [5, 5.41) is 1.18. The number of fused-ring (bicyclic) bond motifs is 1. The van der Waals surface area contributed by atoms with E-state index in [0.717, 1.165) is 75.3 Å². The fourth-order valence-corrected chi connectivity index (χ4v) is 11.2. The molecule has 0 saturated heterocycles. The maximum absolute atomic E-state index is 13.8. The van der Waals surface area contributed by atoms with Gasteiger partial charge in [-0.2, -0.15) is 0 Å². The van der Waals surface area contributed by atoms with Crippen LogP contribution in [0.2, 0.25) is 0 Å².